The van der Waals surface area contributed by atoms with E-state index in [0.29, 0.717) is 10.5 Å². The van der Waals surface area contributed by atoms with E-state index < -0.39 is 23.4 Å². The number of carbonyl (C=O) groups is 1. The van der Waals surface area contributed by atoms with E-state index in [1.165, 1.54) is 12.1 Å². The second-order valence-electron chi connectivity index (χ2n) is 3.97. The number of carboxylic acid groups (broad SMARTS) is 1. The van der Waals surface area contributed by atoms with Gasteiger partial charge in [-0.05, 0) is 35.9 Å². The Morgan fingerprint density at radius 3 is 2.45 bits per heavy atom. The molecule has 0 aliphatic heterocycles. The first-order chi connectivity index (χ1) is 9.47. The Morgan fingerprint density at radius 2 is 1.80 bits per heavy atom. The van der Waals surface area contributed by atoms with Crippen LogP contribution in [-0.4, -0.2) is 11.1 Å². The summed E-state index contributed by atoms with van der Waals surface area (Å²) in [5.74, 6) is -3.56. The standard InChI is InChI=1S/C14H9F3O2S/c15-9-2-1-8(11(5-9)14(18)19)7-20-10-3-4-12(16)13(17)6-10/h1-6H,7H2,(H,18,19). The third kappa shape index (κ3) is 3.33. The zero-order valence-corrected chi connectivity index (χ0v) is 10.9. The van der Waals surface area contributed by atoms with Crippen LogP contribution in [0.5, 0.6) is 0 Å². The highest BCUT2D eigenvalue weighted by Crippen LogP contribution is 2.26. The molecule has 0 amide bonds. The SMILES string of the molecule is O=C(O)c1cc(F)ccc1CSc1ccc(F)c(F)c1. The van der Waals surface area contributed by atoms with E-state index >= 15 is 0 Å². The van der Waals surface area contributed by atoms with Crippen LogP contribution in [0.1, 0.15) is 15.9 Å². The van der Waals surface area contributed by atoms with Crippen molar-refractivity contribution in [2.24, 2.45) is 0 Å². The molecule has 0 radical (unpaired) electrons. The lowest BCUT2D eigenvalue weighted by Crippen LogP contribution is -2.02. The largest absolute Gasteiger partial charge is 0.478 e. The van der Waals surface area contributed by atoms with Gasteiger partial charge in [0, 0.05) is 10.6 Å². The summed E-state index contributed by atoms with van der Waals surface area (Å²) in [4.78, 5) is 11.5. The van der Waals surface area contributed by atoms with Crippen molar-refractivity contribution in [1.82, 2.24) is 0 Å². The molecule has 2 rings (SSSR count). The first kappa shape index (κ1) is 14.5. The van der Waals surface area contributed by atoms with Crippen molar-refractivity contribution in [3.63, 3.8) is 0 Å². The van der Waals surface area contributed by atoms with Crippen molar-refractivity contribution in [2.45, 2.75) is 10.6 Å². The van der Waals surface area contributed by atoms with Gasteiger partial charge < -0.3 is 5.11 Å². The fraction of sp³-hybridized carbons (Fsp3) is 0.0714. The average molecular weight is 298 g/mol. The summed E-state index contributed by atoms with van der Waals surface area (Å²) in [5.41, 5.74) is 0.272. The molecule has 2 aromatic rings. The number of rotatable bonds is 4. The van der Waals surface area contributed by atoms with Crippen molar-refractivity contribution in [3.05, 3.63) is 65.0 Å². The third-order valence-corrected chi connectivity index (χ3v) is 3.63. The van der Waals surface area contributed by atoms with Gasteiger partial charge in [0.25, 0.3) is 0 Å². The molecular formula is C14H9F3O2S. The Kier molecular flexibility index (Phi) is 4.34. The van der Waals surface area contributed by atoms with Crippen LogP contribution in [0.3, 0.4) is 0 Å². The normalized spacial score (nSPS) is 10.6. The molecule has 104 valence electrons. The summed E-state index contributed by atoms with van der Waals surface area (Å²) in [5, 5.41) is 8.98. The van der Waals surface area contributed by atoms with Gasteiger partial charge in [-0.2, -0.15) is 0 Å². The molecule has 0 atom stereocenters. The van der Waals surface area contributed by atoms with Gasteiger partial charge in [0.2, 0.25) is 0 Å². The number of carboxylic acids is 1. The minimum absolute atomic E-state index is 0.139. The smallest absolute Gasteiger partial charge is 0.336 e. The summed E-state index contributed by atoms with van der Waals surface area (Å²) in [6.45, 7) is 0. The van der Waals surface area contributed by atoms with E-state index in [-0.39, 0.29) is 11.3 Å². The maximum absolute atomic E-state index is 13.0. The number of hydrogen-bond acceptors (Lipinski definition) is 2. The molecule has 0 aliphatic carbocycles. The van der Waals surface area contributed by atoms with Crippen LogP contribution in [0.4, 0.5) is 13.2 Å². The molecule has 0 spiro atoms. The first-order valence-electron chi connectivity index (χ1n) is 5.57. The zero-order chi connectivity index (χ0) is 14.7. The average Bonchev–Trinajstić information content (AvgIpc) is 2.41. The van der Waals surface area contributed by atoms with Crippen LogP contribution in [-0.2, 0) is 5.75 Å². The van der Waals surface area contributed by atoms with Gasteiger partial charge in [-0.15, -0.1) is 11.8 Å². The third-order valence-electron chi connectivity index (χ3n) is 2.59. The summed E-state index contributed by atoms with van der Waals surface area (Å²) in [6.07, 6.45) is 0. The van der Waals surface area contributed by atoms with E-state index in [4.69, 9.17) is 5.11 Å². The predicted molar refractivity (Wildman–Crippen MR) is 69.3 cm³/mol. The van der Waals surface area contributed by atoms with Crippen LogP contribution in [0, 0.1) is 17.5 Å². The quantitative estimate of drug-likeness (QED) is 0.864. The highest BCUT2D eigenvalue weighted by molar-refractivity contribution is 7.98. The van der Waals surface area contributed by atoms with Crippen LogP contribution in [0.15, 0.2) is 41.3 Å². The van der Waals surface area contributed by atoms with Crippen molar-refractivity contribution >= 4 is 17.7 Å². The van der Waals surface area contributed by atoms with Gasteiger partial charge in [0.15, 0.2) is 11.6 Å². The Hall–Kier alpha value is -1.95. The maximum atomic E-state index is 13.0. The molecule has 0 unspecified atom stereocenters. The van der Waals surface area contributed by atoms with Gasteiger partial charge in [-0.1, -0.05) is 6.07 Å². The lowest BCUT2D eigenvalue weighted by Gasteiger charge is -2.06. The molecule has 6 heteroatoms. The number of aromatic carboxylic acids is 1. The van der Waals surface area contributed by atoms with E-state index in [9.17, 15) is 18.0 Å². The molecule has 0 fully saturated rings. The van der Waals surface area contributed by atoms with Crippen molar-refractivity contribution in [2.75, 3.05) is 0 Å². The fourth-order valence-corrected chi connectivity index (χ4v) is 2.53. The Balaban J connectivity index is 2.18. The van der Waals surface area contributed by atoms with E-state index in [0.717, 1.165) is 36.0 Å². The summed E-state index contributed by atoms with van der Waals surface area (Å²) in [6, 6.07) is 6.89. The molecule has 20 heavy (non-hydrogen) atoms. The van der Waals surface area contributed by atoms with Crippen molar-refractivity contribution in [3.8, 4) is 0 Å². The molecule has 2 aromatic carbocycles. The van der Waals surface area contributed by atoms with Gasteiger partial charge in [-0.3, -0.25) is 0 Å². The number of halogens is 3. The van der Waals surface area contributed by atoms with Crippen LogP contribution >= 0.6 is 11.8 Å². The fourth-order valence-electron chi connectivity index (χ4n) is 1.60. The molecular weight excluding hydrogens is 289 g/mol. The van der Waals surface area contributed by atoms with Gasteiger partial charge in [0.1, 0.15) is 5.82 Å². The topological polar surface area (TPSA) is 37.3 Å². The molecule has 0 heterocycles. The second-order valence-corrected chi connectivity index (χ2v) is 5.02. The molecule has 2 nitrogen and oxygen atoms in total. The zero-order valence-electron chi connectivity index (χ0n) is 10.1. The van der Waals surface area contributed by atoms with E-state index in [2.05, 4.69) is 0 Å². The van der Waals surface area contributed by atoms with E-state index in [1.54, 1.807) is 0 Å². The monoisotopic (exact) mass is 298 g/mol. The Morgan fingerprint density at radius 1 is 1.05 bits per heavy atom. The number of benzene rings is 2. The lowest BCUT2D eigenvalue weighted by molar-refractivity contribution is 0.0695. The molecule has 0 aliphatic rings. The Bertz CT molecular complexity index is 659. The lowest BCUT2D eigenvalue weighted by atomic mass is 10.1. The number of thioether (sulfide) groups is 1. The van der Waals surface area contributed by atoms with E-state index in [1.807, 2.05) is 0 Å². The highest BCUT2D eigenvalue weighted by Gasteiger charge is 2.12. The minimum Gasteiger partial charge on any atom is -0.478 e. The maximum Gasteiger partial charge on any atom is 0.336 e. The molecule has 1 N–H and O–H groups in total. The number of hydrogen-bond donors (Lipinski definition) is 1. The predicted octanol–water partition coefficient (Wildman–Crippen LogP) is 4.09. The summed E-state index contributed by atoms with van der Waals surface area (Å²) >= 11 is 1.14. The van der Waals surface area contributed by atoms with Gasteiger partial charge in [0.05, 0.1) is 5.56 Å². The van der Waals surface area contributed by atoms with Crippen molar-refractivity contribution in [1.29, 1.82) is 0 Å². The van der Waals surface area contributed by atoms with Gasteiger partial charge >= 0.3 is 5.97 Å². The molecule has 0 aromatic heterocycles. The molecule has 0 saturated carbocycles. The van der Waals surface area contributed by atoms with Crippen molar-refractivity contribution < 1.29 is 23.1 Å². The summed E-state index contributed by atoms with van der Waals surface area (Å²) in [7, 11) is 0. The van der Waals surface area contributed by atoms with Crippen LogP contribution in [0.2, 0.25) is 0 Å². The highest BCUT2D eigenvalue weighted by atomic mass is 32.2. The molecule has 0 saturated heterocycles. The first-order valence-corrected chi connectivity index (χ1v) is 6.55. The van der Waals surface area contributed by atoms with Crippen LogP contribution in [0.25, 0.3) is 0 Å². The van der Waals surface area contributed by atoms with Crippen LogP contribution < -0.4 is 0 Å². The minimum atomic E-state index is -1.23. The summed E-state index contributed by atoms with van der Waals surface area (Å²) < 4.78 is 38.8. The Labute approximate surface area is 117 Å². The molecule has 0 bridgehead atoms. The van der Waals surface area contributed by atoms with Gasteiger partial charge in [-0.25, -0.2) is 18.0 Å². The second kappa shape index (κ2) is 6.00.